The molecule has 20 heavy (non-hydrogen) atoms. The molecular weight excluding hydrogens is 248 g/mol. The van der Waals surface area contributed by atoms with E-state index in [0.29, 0.717) is 0 Å². The lowest BCUT2D eigenvalue weighted by Gasteiger charge is -2.06. The normalized spacial score (nSPS) is 11.5. The SMILES string of the molecule is C/C=C/c1c[nH]c2nccc(-c3cccc(CO)c3)c12. The first-order valence-corrected chi connectivity index (χ1v) is 6.62. The molecule has 1 aromatic carbocycles. The van der Waals surface area contributed by atoms with Crippen molar-refractivity contribution in [2.24, 2.45) is 0 Å². The summed E-state index contributed by atoms with van der Waals surface area (Å²) >= 11 is 0. The number of aromatic nitrogens is 2. The lowest BCUT2D eigenvalue weighted by Crippen LogP contribution is -1.87. The van der Waals surface area contributed by atoms with Crippen LogP contribution in [0.3, 0.4) is 0 Å². The first kappa shape index (κ1) is 12.6. The van der Waals surface area contributed by atoms with Crippen molar-refractivity contribution in [3.05, 3.63) is 59.9 Å². The fourth-order valence-electron chi connectivity index (χ4n) is 2.47. The number of rotatable bonds is 3. The number of H-pyrrole nitrogens is 1. The monoisotopic (exact) mass is 264 g/mol. The van der Waals surface area contributed by atoms with Crippen LogP contribution in [0.2, 0.25) is 0 Å². The molecule has 3 nitrogen and oxygen atoms in total. The summed E-state index contributed by atoms with van der Waals surface area (Å²) in [7, 11) is 0. The molecule has 0 aliphatic rings. The Balaban J connectivity index is 2.26. The molecule has 3 rings (SSSR count). The van der Waals surface area contributed by atoms with Crippen molar-refractivity contribution in [1.82, 2.24) is 9.97 Å². The Morgan fingerprint density at radius 3 is 3.00 bits per heavy atom. The second kappa shape index (κ2) is 5.31. The Labute approximate surface area is 117 Å². The van der Waals surface area contributed by atoms with Crippen molar-refractivity contribution in [2.75, 3.05) is 0 Å². The Bertz CT molecular complexity index is 772. The van der Waals surface area contributed by atoms with Crippen LogP contribution in [0.25, 0.3) is 28.2 Å². The van der Waals surface area contributed by atoms with Crippen LogP contribution in [0, 0.1) is 0 Å². The molecule has 2 aromatic heterocycles. The molecule has 0 amide bonds. The number of nitrogens with zero attached hydrogens (tertiary/aromatic N) is 1. The second-order valence-corrected chi connectivity index (χ2v) is 4.68. The van der Waals surface area contributed by atoms with E-state index in [0.717, 1.165) is 33.3 Å². The first-order valence-electron chi connectivity index (χ1n) is 6.62. The third-order valence-corrected chi connectivity index (χ3v) is 3.37. The number of aliphatic hydroxyl groups is 1. The van der Waals surface area contributed by atoms with Gasteiger partial charge in [-0.25, -0.2) is 4.98 Å². The van der Waals surface area contributed by atoms with E-state index in [4.69, 9.17) is 0 Å². The van der Waals surface area contributed by atoms with Crippen LogP contribution in [0.5, 0.6) is 0 Å². The van der Waals surface area contributed by atoms with Gasteiger partial charge in [-0.1, -0.05) is 30.4 Å². The number of benzene rings is 1. The van der Waals surface area contributed by atoms with E-state index in [2.05, 4.69) is 22.1 Å². The van der Waals surface area contributed by atoms with Crippen LogP contribution < -0.4 is 0 Å². The second-order valence-electron chi connectivity index (χ2n) is 4.68. The summed E-state index contributed by atoms with van der Waals surface area (Å²) in [5, 5.41) is 10.4. The van der Waals surface area contributed by atoms with Gasteiger partial charge in [0.05, 0.1) is 6.61 Å². The summed E-state index contributed by atoms with van der Waals surface area (Å²) in [5.74, 6) is 0. The van der Waals surface area contributed by atoms with E-state index in [1.54, 1.807) is 6.20 Å². The van der Waals surface area contributed by atoms with Gasteiger partial charge in [0.1, 0.15) is 5.65 Å². The van der Waals surface area contributed by atoms with Crippen LogP contribution >= 0.6 is 0 Å². The van der Waals surface area contributed by atoms with Crippen molar-refractivity contribution in [3.63, 3.8) is 0 Å². The van der Waals surface area contributed by atoms with Crippen molar-refractivity contribution >= 4 is 17.1 Å². The Kier molecular flexibility index (Phi) is 3.35. The molecule has 0 saturated heterocycles. The Morgan fingerprint density at radius 2 is 2.20 bits per heavy atom. The van der Waals surface area contributed by atoms with Gasteiger partial charge in [-0.05, 0) is 35.7 Å². The third-order valence-electron chi connectivity index (χ3n) is 3.37. The van der Waals surface area contributed by atoms with Gasteiger partial charge in [-0.15, -0.1) is 0 Å². The number of allylic oxidation sites excluding steroid dienone is 1. The summed E-state index contributed by atoms with van der Waals surface area (Å²) in [5.41, 5.74) is 5.13. The molecular formula is C17H16N2O. The number of fused-ring (bicyclic) bond motifs is 1. The highest BCUT2D eigenvalue weighted by molar-refractivity contribution is 5.99. The highest BCUT2D eigenvalue weighted by Crippen LogP contribution is 2.31. The topological polar surface area (TPSA) is 48.9 Å². The zero-order chi connectivity index (χ0) is 13.9. The number of hydrogen-bond acceptors (Lipinski definition) is 2. The van der Waals surface area contributed by atoms with Gasteiger partial charge in [0.25, 0.3) is 0 Å². The molecule has 0 fully saturated rings. The smallest absolute Gasteiger partial charge is 0.138 e. The van der Waals surface area contributed by atoms with E-state index >= 15 is 0 Å². The predicted molar refractivity (Wildman–Crippen MR) is 82.2 cm³/mol. The van der Waals surface area contributed by atoms with Crippen LogP contribution in [-0.4, -0.2) is 15.1 Å². The molecule has 3 heteroatoms. The quantitative estimate of drug-likeness (QED) is 0.756. The standard InChI is InChI=1S/C17H16N2O/c1-2-4-14-10-19-17-16(14)15(7-8-18-17)13-6-3-5-12(9-13)11-20/h2-10,20H,11H2,1H3,(H,18,19)/b4-2+. The predicted octanol–water partition coefficient (Wildman–Crippen LogP) is 3.76. The molecule has 100 valence electrons. The van der Waals surface area contributed by atoms with Crippen LogP contribution in [0.15, 0.2) is 48.8 Å². The van der Waals surface area contributed by atoms with Gasteiger partial charge < -0.3 is 10.1 Å². The number of pyridine rings is 1. The van der Waals surface area contributed by atoms with Gasteiger partial charge >= 0.3 is 0 Å². The average Bonchev–Trinajstić information content (AvgIpc) is 2.91. The molecule has 2 heterocycles. The minimum absolute atomic E-state index is 0.0525. The summed E-state index contributed by atoms with van der Waals surface area (Å²) in [6.07, 6.45) is 7.86. The van der Waals surface area contributed by atoms with Gasteiger partial charge in [0, 0.05) is 23.3 Å². The molecule has 0 atom stereocenters. The van der Waals surface area contributed by atoms with E-state index in [-0.39, 0.29) is 6.61 Å². The van der Waals surface area contributed by atoms with Crippen LogP contribution in [-0.2, 0) is 6.61 Å². The zero-order valence-electron chi connectivity index (χ0n) is 11.3. The van der Waals surface area contributed by atoms with E-state index in [1.165, 1.54) is 0 Å². The van der Waals surface area contributed by atoms with E-state index < -0.39 is 0 Å². The molecule has 0 radical (unpaired) electrons. The summed E-state index contributed by atoms with van der Waals surface area (Å²) in [6, 6.07) is 9.97. The van der Waals surface area contributed by atoms with Gasteiger partial charge in [-0.3, -0.25) is 0 Å². The van der Waals surface area contributed by atoms with Gasteiger partial charge in [0.15, 0.2) is 0 Å². The Morgan fingerprint density at radius 1 is 1.30 bits per heavy atom. The molecule has 0 saturated carbocycles. The third kappa shape index (κ3) is 2.12. The fraction of sp³-hybridized carbons (Fsp3) is 0.118. The average molecular weight is 264 g/mol. The lowest BCUT2D eigenvalue weighted by atomic mass is 9.99. The molecule has 0 aliphatic heterocycles. The molecule has 0 bridgehead atoms. The first-order chi connectivity index (χ1) is 9.83. The maximum Gasteiger partial charge on any atom is 0.138 e. The van der Waals surface area contributed by atoms with Gasteiger partial charge in [0.2, 0.25) is 0 Å². The highest BCUT2D eigenvalue weighted by Gasteiger charge is 2.09. The van der Waals surface area contributed by atoms with Crippen LogP contribution in [0.4, 0.5) is 0 Å². The van der Waals surface area contributed by atoms with Crippen LogP contribution in [0.1, 0.15) is 18.1 Å². The van der Waals surface area contributed by atoms with E-state index in [1.807, 2.05) is 43.5 Å². The minimum Gasteiger partial charge on any atom is -0.392 e. The minimum atomic E-state index is 0.0525. The summed E-state index contributed by atoms with van der Waals surface area (Å²) < 4.78 is 0. The van der Waals surface area contributed by atoms with Crippen molar-refractivity contribution in [2.45, 2.75) is 13.5 Å². The van der Waals surface area contributed by atoms with Gasteiger partial charge in [-0.2, -0.15) is 0 Å². The summed E-state index contributed by atoms with van der Waals surface area (Å²) in [4.78, 5) is 7.57. The maximum absolute atomic E-state index is 9.29. The molecule has 2 N–H and O–H groups in total. The van der Waals surface area contributed by atoms with E-state index in [9.17, 15) is 5.11 Å². The summed E-state index contributed by atoms with van der Waals surface area (Å²) in [6.45, 7) is 2.05. The number of hydrogen-bond donors (Lipinski definition) is 2. The number of aliphatic hydroxyl groups excluding tert-OH is 1. The Hall–Kier alpha value is -2.39. The van der Waals surface area contributed by atoms with Crippen molar-refractivity contribution in [1.29, 1.82) is 0 Å². The lowest BCUT2D eigenvalue weighted by molar-refractivity contribution is 0.282. The number of aromatic amines is 1. The fourth-order valence-corrected chi connectivity index (χ4v) is 2.47. The maximum atomic E-state index is 9.29. The van der Waals surface area contributed by atoms with Crippen molar-refractivity contribution in [3.8, 4) is 11.1 Å². The highest BCUT2D eigenvalue weighted by atomic mass is 16.3. The molecule has 3 aromatic rings. The molecule has 0 spiro atoms. The van der Waals surface area contributed by atoms with Crippen molar-refractivity contribution < 1.29 is 5.11 Å². The molecule has 0 unspecified atom stereocenters. The molecule has 0 aliphatic carbocycles. The number of nitrogens with one attached hydrogen (secondary N) is 1. The zero-order valence-corrected chi connectivity index (χ0v) is 11.3. The largest absolute Gasteiger partial charge is 0.392 e.